The molecule has 0 N–H and O–H groups in total. The molecule has 112 valence electrons. The molecule has 2 rings (SSSR count). The van der Waals surface area contributed by atoms with Crippen molar-refractivity contribution in [3.8, 4) is 22.2 Å². The van der Waals surface area contributed by atoms with Gasteiger partial charge in [-0.2, -0.15) is 0 Å². The molecule has 0 aliphatic heterocycles. The maximum Gasteiger partial charge on any atom is 0.292 e. The number of thiazole rings is 1. The van der Waals surface area contributed by atoms with E-state index in [4.69, 9.17) is 14.3 Å². The highest BCUT2D eigenvalue weighted by Gasteiger charge is 2.23. The molecule has 7 heteroatoms. The monoisotopic (exact) mass is 308 g/mol. The molecule has 0 aliphatic carbocycles. The molecule has 1 heterocycles. The minimum atomic E-state index is -0.312. The summed E-state index contributed by atoms with van der Waals surface area (Å²) in [4.78, 5) is 21.9. The largest absolute Gasteiger partial charge is 0.496 e. The summed E-state index contributed by atoms with van der Waals surface area (Å²) in [5, 5.41) is 1.78. The van der Waals surface area contributed by atoms with Gasteiger partial charge < -0.3 is 9.47 Å². The molecule has 1 aromatic heterocycles. The highest BCUT2D eigenvalue weighted by atomic mass is 32.1. The summed E-state index contributed by atoms with van der Waals surface area (Å²) >= 11 is 1.23. The van der Waals surface area contributed by atoms with Gasteiger partial charge in [-0.15, -0.1) is 11.3 Å². The fourth-order valence-electron chi connectivity index (χ4n) is 1.74. The second-order valence-corrected chi connectivity index (χ2v) is 5.04. The third kappa shape index (κ3) is 2.98. The Morgan fingerprint density at radius 2 is 1.90 bits per heavy atom. The van der Waals surface area contributed by atoms with Crippen molar-refractivity contribution in [2.24, 2.45) is 0 Å². The third-order valence-corrected chi connectivity index (χ3v) is 3.94. The van der Waals surface area contributed by atoms with Gasteiger partial charge in [0.1, 0.15) is 10.8 Å². The van der Waals surface area contributed by atoms with Gasteiger partial charge in [0.05, 0.1) is 26.9 Å². The van der Waals surface area contributed by atoms with E-state index in [2.05, 4.69) is 4.98 Å². The van der Waals surface area contributed by atoms with Crippen LogP contribution in [0.5, 0.6) is 11.6 Å². The minimum absolute atomic E-state index is 0.273. The summed E-state index contributed by atoms with van der Waals surface area (Å²) < 4.78 is 10.5. The van der Waals surface area contributed by atoms with E-state index in [0.29, 0.717) is 15.6 Å². The topological polar surface area (TPSA) is 60.9 Å². The number of carbonyl (C=O) groups excluding carboxylic acids is 1. The molecule has 0 unspecified atom stereocenters. The zero-order valence-corrected chi connectivity index (χ0v) is 13.1. The Bertz CT molecular complexity index is 642. The molecule has 6 nitrogen and oxygen atoms in total. The molecule has 1 aromatic carbocycles. The fraction of sp³-hybridized carbons (Fsp3) is 0.286. The molecule has 0 radical (unpaired) electrons. The molecule has 0 atom stereocenters. The molecule has 0 fully saturated rings. The van der Waals surface area contributed by atoms with Gasteiger partial charge >= 0.3 is 0 Å². The lowest BCUT2D eigenvalue weighted by Crippen LogP contribution is -2.24. The van der Waals surface area contributed by atoms with Crippen LogP contribution in [-0.2, 0) is 4.84 Å². The van der Waals surface area contributed by atoms with Gasteiger partial charge in [0.15, 0.2) is 4.88 Å². The Morgan fingerprint density at radius 3 is 2.52 bits per heavy atom. The van der Waals surface area contributed by atoms with Crippen molar-refractivity contribution in [1.29, 1.82) is 0 Å². The number of benzene rings is 1. The van der Waals surface area contributed by atoms with Crippen molar-refractivity contribution >= 4 is 17.2 Å². The molecule has 0 saturated heterocycles. The van der Waals surface area contributed by atoms with Crippen molar-refractivity contribution in [3.63, 3.8) is 0 Å². The Hall–Kier alpha value is -2.12. The fourth-order valence-corrected chi connectivity index (χ4v) is 2.77. The number of hydroxylamine groups is 2. The number of hydrogen-bond acceptors (Lipinski definition) is 6. The minimum Gasteiger partial charge on any atom is -0.496 e. The van der Waals surface area contributed by atoms with E-state index < -0.39 is 0 Å². The summed E-state index contributed by atoms with van der Waals surface area (Å²) in [6, 6.07) is 7.48. The number of methoxy groups -OCH3 is 2. The van der Waals surface area contributed by atoms with Gasteiger partial charge in [0, 0.05) is 7.05 Å². The summed E-state index contributed by atoms with van der Waals surface area (Å²) in [5.74, 6) is 0.649. The van der Waals surface area contributed by atoms with Crippen molar-refractivity contribution in [2.45, 2.75) is 0 Å². The second-order valence-electron chi connectivity index (χ2n) is 4.04. The number of hydrogen-bond donors (Lipinski definition) is 0. The predicted molar refractivity (Wildman–Crippen MR) is 79.8 cm³/mol. The highest BCUT2D eigenvalue weighted by molar-refractivity contribution is 7.17. The summed E-state index contributed by atoms with van der Waals surface area (Å²) in [6.07, 6.45) is 0. The Kier molecular flexibility index (Phi) is 4.77. The Morgan fingerprint density at radius 1 is 1.19 bits per heavy atom. The number of nitrogens with zero attached hydrogens (tertiary/aromatic N) is 2. The van der Waals surface area contributed by atoms with Crippen LogP contribution in [0.4, 0.5) is 0 Å². The zero-order chi connectivity index (χ0) is 15.4. The van der Waals surface area contributed by atoms with E-state index >= 15 is 0 Å². The molecular weight excluding hydrogens is 292 g/mol. The molecule has 0 spiro atoms. The van der Waals surface area contributed by atoms with Crippen molar-refractivity contribution in [2.75, 3.05) is 28.4 Å². The quantitative estimate of drug-likeness (QED) is 0.794. The second kappa shape index (κ2) is 6.55. The van der Waals surface area contributed by atoms with Gasteiger partial charge in [0.2, 0.25) is 5.88 Å². The van der Waals surface area contributed by atoms with Crippen LogP contribution in [0.3, 0.4) is 0 Å². The summed E-state index contributed by atoms with van der Waals surface area (Å²) in [6.45, 7) is 0. The molecule has 21 heavy (non-hydrogen) atoms. The summed E-state index contributed by atoms with van der Waals surface area (Å²) in [7, 11) is 6.02. The lowest BCUT2D eigenvalue weighted by molar-refractivity contribution is -0.0755. The van der Waals surface area contributed by atoms with Gasteiger partial charge in [-0.05, 0) is 12.1 Å². The van der Waals surface area contributed by atoms with Crippen LogP contribution in [-0.4, -0.2) is 44.3 Å². The SMILES string of the molecule is COc1ccccc1-c1nc(OC)c(C(=O)N(C)OC)s1. The summed E-state index contributed by atoms with van der Waals surface area (Å²) in [5.41, 5.74) is 0.808. The van der Waals surface area contributed by atoms with Gasteiger partial charge in [0.25, 0.3) is 5.91 Å². The first-order valence-electron chi connectivity index (χ1n) is 6.12. The van der Waals surface area contributed by atoms with Crippen LogP contribution in [0.25, 0.3) is 10.6 Å². The van der Waals surface area contributed by atoms with Crippen LogP contribution in [0.2, 0.25) is 0 Å². The Labute approximate surface area is 126 Å². The normalized spacial score (nSPS) is 10.3. The molecule has 0 aliphatic rings. The first-order chi connectivity index (χ1) is 10.1. The van der Waals surface area contributed by atoms with Gasteiger partial charge in [-0.3, -0.25) is 9.63 Å². The number of amides is 1. The first-order valence-corrected chi connectivity index (χ1v) is 6.94. The first kappa shape index (κ1) is 15.3. The average Bonchev–Trinajstić information content (AvgIpc) is 2.97. The van der Waals surface area contributed by atoms with Crippen molar-refractivity contribution in [3.05, 3.63) is 29.1 Å². The van der Waals surface area contributed by atoms with Gasteiger partial charge in [-0.25, -0.2) is 10.0 Å². The average molecular weight is 308 g/mol. The van der Waals surface area contributed by atoms with Crippen LogP contribution < -0.4 is 9.47 Å². The van der Waals surface area contributed by atoms with E-state index in [9.17, 15) is 4.79 Å². The number of aromatic nitrogens is 1. The van der Waals surface area contributed by atoms with Crippen LogP contribution in [0.15, 0.2) is 24.3 Å². The van der Waals surface area contributed by atoms with E-state index in [1.54, 1.807) is 7.11 Å². The standard InChI is InChI=1S/C14H16N2O4S/c1-16(20-4)14(17)11-12(19-3)15-13(21-11)9-7-5-6-8-10(9)18-2/h5-8H,1-4H3. The molecular formula is C14H16N2O4S. The van der Waals surface area contributed by atoms with Crippen LogP contribution in [0, 0.1) is 0 Å². The molecule has 0 saturated carbocycles. The predicted octanol–water partition coefficient (Wildman–Crippen LogP) is 2.46. The molecule has 2 aromatic rings. The van der Waals surface area contributed by atoms with Crippen LogP contribution >= 0.6 is 11.3 Å². The molecule has 1 amide bonds. The van der Waals surface area contributed by atoms with E-state index in [1.807, 2.05) is 24.3 Å². The lowest BCUT2D eigenvalue weighted by Gasteiger charge is -2.12. The lowest BCUT2D eigenvalue weighted by atomic mass is 10.2. The smallest absolute Gasteiger partial charge is 0.292 e. The third-order valence-electron chi connectivity index (χ3n) is 2.88. The van der Waals surface area contributed by atoms with E-state index in [-0.39, 0.29) is 11.8 Å². The number of para-hydroxylation sites is 1. The number of ether oxygens (including phenoxy) is 2. The number of rotatable bonds is 5. The maximum absolute atomic E-state index is 12.2. The maximum atomic E-state index is 12.2. The number of carbonyl (C=O) groups is 1. The van der Waals surface area contributed by atoms with E-state index in [0.717, 1.165) is 10.6 Å². The van der Waals surface area contributed by atoms with Crippen LogP contribution in [0.1, 0.15) is 9.67 Å². The van der Waals surface area contributed by atoms with Crippen molar-refractivity contribution < 1.29 is 19.1 Å². The van der Waals surface area contributed by atoms with Gasteiger partial charge in [-0.1, -0.05) is 12.1 Å². The van der Waals surface area contributed by atoms with E-state index in [1.165, 1.54) is 32.6 Å². The highest BCUT2D eigenvalue weighted by Crippen LogP contribution is 2.37. The molecule has 0 bridgehead atoms. The zero-order valence-electron chi connectivity index (χ0n) is 12.2. The van der Waals surface area contributed by atoms with Crippen molar-refractivity contribution in [1.82, 2.24) is 10.0 Å². The Balaban J connectivity index is 2.48.